The first-order valence-corrected chi connectivity index (χ1v) is 11.9. The number of ether oxygens (including phenoxy) is 1. The molecule has 1 aromatic carbocycles. The zero-order valence-electron chi connectivity index (χ0n) is 16.4. The fraction of sp³-hybridized carbons (Fsp3) is 0.409. The molecule has 0 atom stereocenters. The summed E-state index contributed by atoms with van der Waals surface area (Å²) < 4.78 is 5.16. The number of methoxy groups -OCH3 is 1. The lowest BCUT2D eigenvalue weighted by Gasteiger charge is -2.12. The number of nitrogens with zero attached hydrogens (tertiary/aromatic N) is 2. The number of amides is 1. The number of anilines is 1. The molecular formula is C22H23N3O2S2. The van der Waals surface area contributed by atoms with Crippen LogP contribution in [0.1, 0.15) is 47.9 Å². The number of aromatic nitrogens is 2. The van der Waals surface area contributed by atoms with Crippen molar-refractivity contribution in [3.8, 4) is 5.75 Å². The molecule has 3 aromatic rings. The zero-order valence-corrected chi connectivity index (χ0v) is 18.0. The largest absolute Gasteiger partial charge is 0.497 e. The number of carbonyl (C=O) groups is 1. The molecule has 150 valence electrons. The van der Waals surface area contributed by atoms with Gasteiger partial charge in [0.2, 0.25) is 5.91 Å². The van der Waals surface area contributed by atoms with Crippen molar-refractivity contribution in [3.05, 3.63) is 40.5 Å². The van der Waals surface area contributed by atoms with Crippen molar-refractivity contribution in [2.45, 2.75) is 49.5 Å². The maximum absolute atomic E-state index is 12.5. The first-order chi connectivity index (χ1) is 14.2. The van der Waals surface area contributed by atoms with E-state index < -0.39 is 0 Å². The Morgan fingerprint density at radius 1 is 1.21 bits per heavy atom. The van der Waals surface area contributed by atoms with Gasteiger partial charge in [-0.15, -0.1) is 11.3 Å². The van der Waals surface area contributed by atoms with Crippen molar-refractivity contribution >= 4 is 44.9 Å². The number of rotatable bonds is 6. The van der Waals surface area contributed by atoms with E-state index in [1.165, 1.54) is 41.5 Å². The van der Waals surface area contributed by atoms with Gasteiger partial charge in [-0.1, -0.05) is 11.8 Å². The molecule has 2 aliphatic carbocycles. The molecule has 1 N–H and O–H groups in total. The summed E-state index contributed by atoms with van der Waals surface area (Å²) in [7, 11) is 1.63. The minimum absolute atomic E-state index is 0.0241. The number of thiophene rings is 1. The van der Waals surface area contributed by atoms with Gasteiger partial charge in [0.05, 0.1) is 12.9 Å². The normalized spacial score (nSPS) is 15.9. The van der Waals surface area contributed by atoms with Gasteiger partial charge in [0.1, 0.15) is 21.4 Å². The molecule has 2 heterocycles. The number of hydrogen-bond acceptors (Lipinski definition) is 6. The second-order valence-electron chi connectivity index (χ2n) is 7.62. The molecule has 2 aliphatic rings. The Bertz CT molecular complexity index is 1060. The standard InChI is InChI=1S/C22H23N3O2S2/c1-27-15-10-8-14(9-11-15)23-18(26)12-28-21-19-16-4-2-3-5-17(16)29-22(19)25-20(24-21)13-6-7-13/h8-11,13H,2-7,12H2,1H3,(H,23,26). The minimum atomic E-state index is -0.0241. The molecule has 7 heteroatoms. The molecule has 0 aliphatic heterocycles. The average molecular weight is 426 g/mol. The lowest BCUT2D eigenvalue weighted by atomic mass is 9.97. The molecule has 0 unspecified atom stereocenters. The summed E-state index contributed by atoms with van der Waals surface area (Å²) in [5, 5.41) is 5.15. The van der Waals surface area contributed by atoms with Crippen molar-refractivity contribution in [1.82, 2.24) is 9.97 Å². The summed E-state index contributed by atoms with van der Waals surface area (Å²) in [4.78, 5) is 24.9. The quantitative estimate of drug-likeness (QED) is 0.435. The van der Waals surface area contributed by atoms with Crippen molar-refractivity contribution in [2.24, 2.45) is 0 Å². The van der Waals surface area contributed by atoms with E-state index in [1.807, 2.05) is 35.6 Å². The Morgan fingerprint density at radius 2 is 2.00 bits per heavy atom. The predicted molar refractivity (Wildman–Crippen MR) is 118 cm³/mol. The highest BCUT2D eigenvalue weighted by molar-refractivity contribution is 8.00. The first kappa shape index (κ1) is 18.9. The summed E-state index contributed by atoms with van der Waals surface area (Å²) in [6.45, 7) is 0. The van der Waals surface area contributed by atoms with Gasteiger partial charge in [-0.25, -0.2) is 9.97 Å². The van der Waals surface area contributed by atoms with Gasteiger partial charge in [-0.3, -0.25) is 4.79 Å². The third-order valence-electron chi connectivity index (χ3n) is 5.46. The highest BCUT2D eigenvalue weighted by Gasteiger charge is 2.29. The molecule has 1 amide bonds. The van der Waals surface area contributed by atoms with Gasteiger partial charge >= 0.3 is 0 Å². The van der Waals surface area contributed by atoms with Crippen LogP contribution in [0.5, 0.6) is 5.75 Å². The van der Waals surface area contributed by atoms with E-state index in [0.29, 0.717) is 11.7 Å². The number of benzene rings is 1. The number of thioether (sulfide) groups is 1. The number of aryl methyl sites for hydroxylation is 2. The number of nitrogens with one attached hydrogen (secondary N) is 1. The molecule has 29 heavy (non-hydrogen) atoms. The van der Waals surface area contributed by atoms with Gasteiger partial charge in [-0.05, 0) is 68.4 Å². The molecule has 2 aromatic heterocycles. The zero-order chi connectivity index (χ0) is 19.8. The van der Waals surface area contributed by atoms with Crippen LogP contribution in [0, 0.1) is 0 Å². The van der Waals surface area contributed by atoms with Crippen LogP contribution in [-0.2, 0) is 17.6 Å². The van der Waals surface area contributed by atoms with E-state index in [2.05, 4.69) is 5.32 Å². The van der Waals surface area contributed by atoms with Gasteiger partial charge in [0.15, 0.2) is 0 Å². The van der Waals surface area contributed by atoms with Crippen LogP contribution in [-0.4, -0.2) is 28.7 Å². The van der Waals surface area contributed by atoms with Crippen molar-refractivity contribution in [3.63, 3.8) is 0 Å². The smallest absolute Gasteiger partial charge is 0.234 e. The predicted octanol–water partition coefficient (Wildman–Crippen LogP) is 5.19. The summed E-state index contributed by atoms with van der Waals surface area (Å²) in [6.07, 6.45) is 7.10. The van der Waals surface area contributed by atoms with Crippen molar-refractivity contribution in [1.29, 1.82) is 0 Å². The fourth-order valence-corrected chi connectivity index (χ4v) is 5.97. The third-order valence-corrected chi connectivity index (χ3v) is 7.62. The summed E-state index contributed by atoms with van der Waals surface area (Å²) in [5.41, 5.74) is 2.20. The molecule has 0 radical (unpaired) electrons. The molecule has 0 saturated heterocycles. The molecular weight excluding hydrogens is 402 g/mol. The Hall–Kier alpha value is -2.12. The van der Waals surface area contributed by atoms with Gasteiger partial charge < -0.3 is 10.1 Å². The van der Waals surface area contributed by atoms with Crippen LogP contribution in [0.3, 0.4) is 0 Å². The van der Waals surface area contributed by atoms with Crippen molar-refractivity contribution < 1.29 is 9.53 Å². The van der Waals surface area contributed by atoms with Crippen LogP contribution in [0.2, 0.25) is 0 Å². The minimum Gasteiger partial charge on any atom is -0.497 e. The van der Waals surface area contributed by atoms with Gasteiger partial charge in [0.25, 0.3) is 0 Å². The Morgan fingerprint density at radius 3 is 2.76 bits per heavy atom. The molecule has 0 spiro atoms. The van der Waals surface area contributed by atoms with Gasteiger partial charge in [0, 0.05) is 21.9 Å². The molecule has 1 fully saturated rings. The van der Waals surface area contributed by atoms with Crippen LogP contribution >= 0.6 is 23.1 Å². The molecule has 1 saturated carbocycles. The Labute approximate surface area is 178 Å². The van der Waals surface area contributed by atoms with Crippen LogP contribution in [0.15, 0.2) is 29.3 Å². The van der Waals surface area contributed by atoms with Crippen LogP contribution in [0.4, 0.5) is 5.69 Å². The first-order valence-electron chi connectivity index (χ1n) is 10.1. The van der Waals surface area contributed by atoms with E-state index >= 15 is 0 Å². The summed E-state index contributed by atoms with van der Waals surface area (Å²) in [5.74, 6) is 2.56. The maximum Gasteiger partial charge on any atom is 0.234 e. The van der Waals surface area contributed by atoms with E-state index in [9.17, 15) is 4.79 Å². The molecule has 0 bridgehead atoms. The highest BCUT2D eigenvalue weighted by Crippen LogP contribution is 2.44. The number of hydrogen-bond donors (Lipinski definition) is 1. The Kier molecular flexibility index (Phi) is 5.18. The van der Waals surface area contributed by atoms with E-state index in [1.54, 1.807) is 18.9 Å². The van der Waals surface area contributed by atoms with Crippen LogP contribution < -0.4 is 10.1 Å². The monoisotopic (exact) mass is 425 g/mol. The number of carbonyl (C=O) groups excluding carboxylic acids is 1. The summed E-state index contributed by atoms with van der Waals surface area (Å²) >= 11 is 3.38. The van der Waals surface area contributed by atoms with E-state index in [0.717, 1.165) is 40.0 Å². The fourth-order valence-electron chi connectivity index (χ4n) is 3.77. The van der Waals surface area contributed by atoms with E-state index in [-0.39, 0.29) is 5.91 Å². The maximum atomic E-state index is 12.5. The van der Waals surface area contributed by atoms with Gasteiger partial charge in [-0.2, -0.15) is 0 Å². The van der Waals surface area contributed by atoms with E-state index in [4.69, 9.17) is 14.7 Å². The van der Waals surface area contributed by atoms with Crippen molar-refractivity contribution in [2.75, 3.05) is 18.2 Å². The second-order valence-corrected chi connectivity index (χ2v) is 9.67. The third kappa shape index (κ3) is 3.98. The molecule has 5 rings (SSSR count). The topological polar surface area (TPSA) is 64.1 Å². The average Bonchev–Trinajstić information content (AvgIpc) is 3.53. The lowest BCUT2D eigenvalue weighted by molar-refractivity contribution is -0.113. The van der Waals surface area contributed by atoms with Crippen LogP contribution in [0.25, 0.3) is 10.2 Å². The summed E-state index contributed by atoms with van der Waals surface area (Å²) in [6, 6.07) is 7.39. The highest BCUT2D eigenvalue weighted by atomic mass is 32.2. The molecule has 5 nitrogen and oxygen atoms in total. The SMILES string of the molecule is COc1ccc(NC(=O)CSc2nc(C3CC3)nc3sc4c(c23)CCCC4)cc1. The number of fused-ring (bicyclic) bond motifs is 3. The second kappa shape index (κ2) is 7.95. The Balaban J connectivity index is 1.37. The lowest BCUT2D eigenvalue weighted by Crippen LogP contribution is -2.14.